The minimum atomic E-state index is -0.279. The van der Waals surface area contributed by atoms with E-state index in [1.54, 1.807) is 36.5 Å². The second-order valence-electron chi connectivity index (χ2n) is 3.95. The molecule has 3 N–H and O–H groups in total. The number of carbonyl (C=O) groups excluding carboxylic acids is 1. The minimum Gasteiger partial charge on any atom is -0.399 e. The summed E-state index contributed by atoms with van der Waals surface area (Å²) in [7, 11) is 0. The van der Waals surface area contributed by atoms with Crippen molar-refractivity contribution < 1.29 is 4.79 Å². The van der Waals surface area contributed by atoms with Gasteiger partial charge in [0.05, 0.1) is 5.69 Å². The van der Waals surface area contributed by atoms with Crippen LogP contribution in [0.3, 0.4) is 0 Å². The van der Waals surface area contributed by atoms with Crippen molar-refractivity contribution in [3.63, 3.8) is 0 Å². The molecule has 1 amide bonds. The van der Waals surface area contributed by atoms with Gasteiger partial charge in [0.15, 0.2) is 0 Å². The smallest absolute Gasteiger partial charge is 0.250 e. The third kappa shape index (κ3) is 3.45. The number of carbonyl (C=O) groups is 1. The lowest BCUT2D eigenvalue weighted by Crippen LogP contribution is -2.26. The molecular formula is C13H12BrN3O2. The number of aromatic nitrogens is 1. The second kappa shape index (κ2) is 5.71. The molecule has 1 aromatic heterocycles. The van der Waals surface area contributed by atoms with Gasteiger partial charge >= 0.3 is 0 Å². The van der Waals surface area contributed by atoms with Crippen molar-refractivity contribution in [2.75, 3.05) is 11.1 Å². The highest BCUT2D eigenvalue weighted by Crippen LogP contribution is 2.24. The highest BCUT2D eigenvalue weighted by molar-refractivity contribution is 9.10. The molecule has 0 aliphatic rings. The van der Waals surface area contributed by atoms with Gasteiger partial charge in [-0.05, 0) is 40.2 Å². The molecule has 6 heteroatoms. The van der Waals surface area contributed by atoms with Gasteiger partial charge in [-0.25, -0.2) is 0 Å². The maximum atomic E-state index is 11.8. The van der Waals surface area contributed by atoms with Crippen molar-refractivity contribution in [2.24, 2.45) is 0 Å². The summed E-state index contributed by atoms with van der Waals surface area (Å²) in [6.45, 7) is -0.0313. The minimum absolute atomic E-state index is 0.0313. The Balaban J connectivity index is 2.10. The van der Waals surface area contributed by atoms with E-state index in [1.165, 1.54) is 10.6 Å². The van der Waals surface area contributed by atoms with Gasteiger partial charge in [-0.3, -0.25) is 9.59 Å². The molecule has 0 atom stereocenters. The number of anilines is 2. The van der Waals surface area contributed by atoms with Crippen LogP contribution >= 0.6 is 15.9 Å². The van der Waals surface area contributed by atoms with E-state index in [0.29, 0.717) is 15.8 Å². The number of nitrogen functional groups attached to an aromatic ring is 1. The van der Waals surface area contributed by atoms with Gasteiger partial charge in [0, 0.05) is 22.4 Å². The molecule has 0 fully saturated rings. The predicted octanol–water partition coefficient (Wildman–Crippen LogP) is 1.83. The molecule has 5 nitrogen and oxygen atoms in total. The zero-order chi connectivity index (χ0) is 13.8. The van der Waals surface area contributed by atoms with Crippen LogP contribution in [-0.4, -0.2) is 10.5 Å². The molecule has 0 aliphatic carbocycles. The first-order valence-electron chi connectivity index (χ1n) is 5.56. The second-order valence-corrected chi connectivity index (χ2v) is 4.81. The number of nitrogens with zero attached hydrogens (tertiary/aromatic N) is 1. The number of amides is 1. The molecule has 2 rings (SSSR count). The molecule has 0 radical (unpaired) electrons. The summed E-state index contributed by atoms with van der Waals surface area (Å²) < 4.78 is 2.03. The number of halogens is 1. The van der Waals surface area contributed by atoms with Crippen molar-refractivity contribution in [2.45, 2.75) is 6.54 Å². The Morgan fingerprint density at radius 1 is 1.32 bits per heavy atom. The van der Waals surface area contributed by atoms with Crippen LogP contribution in [0.4, 0.5) is 11.4 Å². The van der Waals surface area contributed by atoms with Crippen molar-refractivity contribution in [1.29, 1.82) is 0 Å². The Bertz CT molecular complexity index is 667. The van der Waals surface area contributed by atoms with E-state index in [0.717, 1.165) is 0 Å². The van der Waals surface area contributed by atoms with Gasteiger partial charge < -0.3 is 15.6 Å². The Hall–Kier alpha value is -2.08. The van der Waals surface area contributed by atoms with E-state index in [4.69, 9.17) is 5.73 Å². The first-order chi connectivity index (χ1) is 9.06. The third-order valence-electron chi connectivity index (χ3n) is 2.48. The van der Waals surface area contributed by atoms with Crippen LogP contribution in [0, 0.1) is 0 Å². The maximum Gasteiger partial charge on any atom is 0.250 e. The molecule has 98 valence electrons. The van der Waals surface area contributed by atoms with Crippen LogP contribution in [0.5, 0.6) is 0 Å². The highest BCUT2D eigenvalue weighted by Gasteiger charge is 2.07. The number of hydrogen-bond donors (Lipinski definition) is 2. The molecule has 0 saturated heterocycles. The lowest BCUT2D eigenvalue weighted by molar-refractivity contribution is -0.116. The Morgan fingerprint density at radius 2 is 2.11 bits per heavy atom. The highest BCUT2D eigenvalue weighted by atomic mass is 79.9. The van der Waals surface area contributed by atoms with E-state index in [1.807, 2.05) is 0 Å². The average molecular weight is 322 g/mol. The summed E-state index contributed by atoms with van der Waals surface area (Å²) in [4.78, 5) is 23.3. The lowest BCUT2D eigenvalue weighted by Gasteiger charge is -2.09. The summed E-state index contributed by atoms with van der Waals surface area (Å²) >= 11 is 3.31. The van der Waals surface area contributed by atoms with Crippen LogP contribution in [0.1, 0.15) is 0 Å². The van der Waals surface area contributed by atoms with E-state index < -0.39 is 0 Å². The largest absolute Gasteiger partial charge is 0.399 e. The van der Waals surface area contributed by atoms with Crippen LogP contribution in [0.15, 0.2) is 51.9 Å². The number of rotatable bonds is 3. The number of pyridine rings is 1. The third-order valence-corrected chi connectivity index (χ3v) is 3.14. The van der Waals surface area contributed by atoms with Gasteiger partial charge in [0.1, 0.15) is 6.54 Å². The fourth-order valence-corrected chi connectivity index (χ4v) is 2.06. The van der Waals surface area contributed by atoms with Gasteiger partial charge in [0.25, 0.3) is 5.56 Å². The topological polar surface area (TPSA) is 77.1 Å². The molecule has 0 bridgehead atoms. The van der Waals surface area contributed by atoms with Crippen LogP contribution in [0.2, 0.25) is 0 Å². The summed E-state index contributed by atoms with van der Waals surface area (Å²) in [5.41, 5.74) is 6.61. The van der Waals surface area contributed by atoms with E-state index in [2.05, 4.69) is 21.2 Å². The normalized spacial score (nSPS) is 10.2. The summed E-state index contributed by atoms with van der Waals surface area (Å²) in [5.74, 6) is -0.279. The number of nitrogens with two attached hydrogens (primary N) is 1. The first kappa shape index (κ1) is 13.4. The fourth-order valence-electron chi connectivity index (χ4n) is 1.57. The molecule has 1 aromatic carbocycles. The molecule has 19 heavy (non-hydrogen) atoms. The molecule has 0 unspecified atom stereocenters. The lowest BCUT2D eigenvalue weighted by atomic mass is 10.3. The monoisotopic (exact) mass is 321 g/mol. The molecule has 1 heterocycles. The summed E-state index contributed by atoms with van der Waals surface area (Å²) in [5, 5.41) is 2.71. The first-order valence-corrected chi connectivity index (χ1v) is 6.36. The molecule has 2 aromatic rings. The van der Waals surface area contributed by atoms with Crippen LogP contribution < -0.4 is 16.6 Å². The Labute approximate surface area is 118 Å². The number of benzene rings is 1. The SMILES string of the molecule is Nc1ccc(NC(=O)Cn2ccccc2=O)c(Br)c1. The molecule has 0 aliphatic heterocycles. The van der Waals surface area contributed by atoms with Crippen molar-refractivity contribution in [1.82, 2.24) is 4.57 Å². The maximum absolute atomic E-state index is 11.8. The van der Waals surface area contributed by atoms with Gasteiger partial charge in [-0.1, -0.05) is 6.07 Å². The van der Waals surface area contributed by atoms with E-state index >= 15 is 0 Å². The van der Waals surface area contributed by atoms with Crippen molar-refractivity contribution >= 4 is 33.2 Å². The summed E-state index contributed by atoms with van der Waals surface area (Å²) in [6, 6.07) is 9.83. The number of nitrogens with one attached hydrogen (secondary N) is 1. The zero-order valence-corrected chi connectivity index (χ0v) is 11.6. The van der Waals surface area contributed by atoms with Gasteiger partial charge in [-0.2, -0.15) is 0 Å². The molecule has 0 spiro atoms. The summed E-state index contributed by atoms with van der Waals surface area (Å²) in [6.07, 6.45) is 1.57. The number of hydrogen-bond acceptors (Lipinski definition) is 3. The zero-order valence-electron chi connectivity index (χ0n) is 9.97. The average Bonchev–Trinajstić information content (AvgIpc) is 2.36. The van der Waals surface area contributed by atoms with Crippen LogP contribution in [-0.2, 0) is 11.3 Å². The molecule has 0 saturated carbocycles. The standard InChI is InChI=1S/C13H12BrN3O2/c14-10-7-9(15)4-5-11(10)16-12(18)8-17-6-2-1-3-13(17)19/h1-7H,8,15H2,(H,16,18). The Morgan fingerprint density at radius 3 is 2.79 bits per heavy atom. The molecular weight excluding hydrogens is 310 g/mol. The van der Waals surface area contributed by atoms with Gasteiger partial charge in [0.2, 0.25) is 5.91 Å². The predicted molar refractivity (Wildman–Crippen MR) is 77.9 cm³/mol. The Kier molecular flexibility index (Phi) is 4.01. The van der Waals surface area contributed by atoms with Crippen LogP contribution in [0.25, 0.3) is 0 Å². The van der Waals surface area contributed by atoms with E-state index in [-0.39, 0.29) is 18.0 Å². The van der Waals surface area contributed by atoms with E-state index in [9.17, 15) is 9.59 Å². The van der Waals surface area contributed by atoms with Crippen molar-refractivity contribution in [3.8, 4) is 0 Å². The van der Waals surface area contributed by atoms with Gasteiger partial charge in [-0.15, -0.1) is 0 Å². The fraction of sp³-hybridized carbons (Fsp3) is 0.0769. The van der Waals surface area contributed by atoms with Crippen molar-refractivity contribution in [3.05, 3.63) is 57.4 Å². The quantitative estimate of drug-likeness (QED) is 0.847.